The van der Waals surface area contributed by atoms with Gasteiger partial charge in [0.2, 0.25) is 0 Å². The largest absolute Gasteiger partial charge is 0.271 e. The van der Waals surface area contributed by atoms with Crippen molar-refractivity contribution in [2.45, 2.75) is 26.3 Å². The van der Waals surface area contributed by atoms with Crippen LogP contribution in [0.15, 0.2) is 12.1 Å². The van der Waals surface area contributed by atoms with Crippen LogP contribution in [0.1, 0.15) is 27.2 Å². The Morgan fingerprint density at radius 2 is 1.95 bits per heavy atom. The molecule has 0 bridgehead atoms. The van der Waals surface area contributed by atoms with E-state index >= 15 is 0 Å². The second-order valence-electron chi connectivity index (χ2n) is 4.44. The smallest absolute Gasteiger partial charge is 0.194 e. The van der Waals surface area contributed by atoms with Gasteiger partial charge in [0.1, 0.15) is 0 Å². The number of halogens is 3. The molecule has 0 radical (unpaired) electrons. The summed E-state index contributed by atoms with van der Waals surface area (Å²) in [7, 11) is 0. The van der Waals surface area contributed by atoms with Crippen molar-refractivity contribution in [1.29, 1.82) is 0 Å². The number of thiazole rings is 1. The first-order valence-electron chi connectivity index (χ1n) is 5.96. The molecular formula is C13H14F3N3S. The molecule has 2 rings (SSSR count). The Balaban J connectivity index is 2.31. The molecule has 0 fully saturated rings. The summed E-state index contributed by atoms with van der Waals surface area (Å²) in [5, 5.41) is 0.757. The molecule has 0 aliphatic heterocycles. The molecule has 3 N–H and O–H groups in total. The van der Waals surface area contributed by atoms with Crippen LogP contribution < -0.4 is 11.3 Å². The molecular weight excluding hydrogens is 287 g/mol. The average molecular weight is 301 g/mol. The molecule has 2 aromatic rings. The maximum Gasteiger partial charge on any atom is 0.194 e. The fourth-order valence-corrected chi connectivity index (χ4v) is 2.85. The highest BCUT2D eigenvalue weighted by molar-refractivity contribution is 7.11. The Labute approximate surface area is 118 Å². The van der Waals surface area contributed by atoms with Crippen molar-refractivity contribution < 1.29 is 13.2 Å². The van der Waals surface area contributed by atoms with E-state index in [1.54, 1.807) is 0 Å². The maximum atomic E-state index is 13.8. The number of benzene rings is 1. The minimum absolute atomic E-state index is 0.0168. The second-order valence-corrected chi connectivity index (χ2v) is 5.72. The van der Waals surface area contributed by atoms with Crippen LogP contribution >= 0.6 is 11.3 Å². The fraction of sp³-hybridized carbons (Fsp3) is 0.308. The van der Waals surface area contributed by atoms with Gasteiger partial charge in [-0.3, -0.25) is 11.3 Å². The topological polar surface area (TPSA) is 50.9 Å². The third-order valence-electron chi connectivity index (χ3n) is 3.09. The standard InChI is InChI=1S/C13H14F3N3S/c1-6-7(2)20-11(18-6)5-10(19-17)8-3-4-9(14)13(16)12(8)15/h3-4,10,19H,5,17H2,1-2H3. The molecule has 0 saturated carbocycles. The number of aromatic nitrogens is 1. The number of nitrogens with one attached hydrogen (secondary N) is 1. The lowest BCUT2D eigenvalue weighted by Crippen LogP contribution is -2.30. The third kappa shape index (κ3) is 2.84. The molecule has 0 spiro atoms. The summed E-state index contributed by atoms with van der Waals surface area (Å²) < 4.78 is 40.0. The molecule has 1 unspecified atom stereocenters. The molecule has 0 amide bonds. The Kier molecular flexibility index (Phi) is 4.42. The van der Waals surface area contributed by atoms with Crippen LogP contribution in [0.2, 0.25) is 0 Å². The van der Waals surface area contributed by atoms with Gasteiger partial charge in [-0.05, 0) is 19.9 Å². The molecule has 1 atom stereocenters. The van der Waals surface area contributed by atoms with Gasteiger partial charge in [-0.15, -0.1) is 11.3 Å². The number of nitrogens with two attached hydrogens (primary N) is 1. The molecule has 0 saturated heterocycles. The van der Waals surface area contributed by atoms with Gasteiger partial charge >= 0.3 is 0 Å². The van der Waals surface area contributed by atoms with Crippen LogP contribution in [0.3, 0.4) is 0 Å². The number of aryl methyl sites for hydroxylation is 2. The van der Waals surface area contributed by atoms with Crippen molar-refractivity contribution in [2.24, 2.45) is 5.84 Å². The van der Waals surface area contributed by atoms with E-state index < -0.39 is 23.5 Å². The lowest BCUT2D eigenvalue weighted by Gasteiger charge is -2.16. The number of hydrazine groups is 1. The highest BCUT2D eigenvalue weighted by Gasteiger charge is 2.21. The number of hydrogen-bond donors (Lipinski definition) is 2. The van der Waals surface area contributed by atoms with Crippen LogP contribution in [0.5, 0.6) is 0 Å². The summed E-state index contributed by atoms with van der Waals surface area (Å²) in [6, 6.07) is 1.40. The zero-order valence-electron chi connectivity index (χ0n) is 11.0. The Hall–Kier alpha value is -1.44. The van der Waals surface area contributed by atoms with E-state index in [9.17, 15) is 13.2 Å². The lowest BCUT2D eigenvalue weighted by molar-refractivity contribution is 0.424. The van der Waals surface area contributed by atoms with Crippen molar-refractivity contribution in [3.63, 3.8) is 0 Å². The molecule has 3 nitrogen and oxygen atoms in total. The number of rotatable bonds is 4. The molecule has 1 aromatic carbocycles. The van der Waals surface area contributed by atoms with E-state index in [0.717, 1.165) is 21.6 Å². The summed E-state index contributed by atoms with van der Waals surface area (Å²) in [6.45, 7) is 3.80. The normalized spacial score (nSPS) is 12.7. The monoisotopic (exact) mass is 301 g/mol. The first kappa shape index (κ1) is 15.0. The van der Waals surface area contributed by atoms with Crippen molar-refractivity contribution in [3.8, 4) is 0 Å². The molecule has 1 aromatic heterocycles. The molecule has 0 aliphatic carbocycles. The maximum absolute atomic E-state index is 13.8. The van der Waals surface area contributed by atoms with E-state index in [-0.39, 0.29) is 5.56 Å². The van der Waals surface area contributed by atoms with Crippen molar-refractivity contribution in [3.05, 3.63) is 50.7 Å². The second kappa shape index (κ2) is 5.90. The predicted octanol–water partition coefficient (Wildman–Crippen LogP) is 2.92. The minimum Gasteiger partial charge on any atom is -0.271 e. The predicted molar refractivity (Wildman–Crippen MR) is 71.7 cm³/mol. The zero-order chi connectivity index (χ0) is 14.9. The van der Waals surface area contributed by atoms with Gasteiger partial charge in [0.05, 0.1) is 16.7 Å². The van der Waals surface area contributed by atoms with E-state index in [2.05, 4.69) is 10.4 Å². The average Bonchev–Trinajstić information content (AvgIpc) is 2.73. The highest BCUT2D eigenvalue weighted by atomic mass is 32.1. The van der Waals surface area contributed by atoms with Crippen LogP contribution in [0, 0.1) is 31.3 Å². The van der Waals surface area contributed by atoms with E-state index in [0.29, 0.717) is 6.42 Å². The Morgan fingerprint density at radius 3 is 2.50 bits per heavy atom. The fourth-order valence-electron chi connectivity index (χ4n) is 1.87. The van der Waals surface area contributed by atoms with Crippen LogP contribution in [-0.2, 0) is 6.42 Å². The highest BCUT2D eigenvalue weighted by Crippen LogP contribution is 2.26. The van der Waals surface area contributed by atoms with Crippen molar-refractivity contribution in [1.82, 2.24) is 10.4 Å². The van der Waals surface area contributed by atoms with Crippen molar-refractivity contribution in [2.75, 3.05) is 0 Å². The third-order valence-corrected chi connectivity index (χ3v) is 4.19. The first-order chi connectivity index (χ1) is 9.43. The summed E-state index contributed by atoms with van der Waals surface area (Å²) in [5.74, 6) is 1.46. The van der Waals surface area contributed by atoms with Crippen LogP contribution in [0.25, 0.3) is 0 Å². The molecule has 108 valence electrons. The van der Waals surface area contributed by atoms with Crippen LogP contribution in [0.4, 0.5) is 13.2 Å². The molecule has 1 heterocycles. The first-order valence-corrected chi connectivity index (χ1v) is 6.78. The van der Waals surface area contributed by atoms with Gasteiger partial charge in [-0.1, -0.05) is 6.07 Å². The molecule has 20 heavy (non-hydrogen) atoms. The number of hydrogen-bond acceptors (Lipinski definition) is 4. The van der Waals surface area contributed by atoms with E-state index in [4.69, 9.17) is 5.84 Å². The van der Waals surface area contributed by atoms with Gasteiger partial charge in [0.25, 0.3) is 0 Å². The number of nitrogens with zero attached hydrogens (tertiary/aromatic N) is 1. The SMILES string of the molecule is Cc1nc(CC(NN)c2ccc(F)c(F)c2F)sc1C. The lowest BCUT2D eigenvalue weighted by atomic mass is 10.0. The summed E-state index contributed by atoms with van der Waals surface area (Å²) >= 11 is 1.47. The summed E-state index contributed by atoms with van der Waals surface area (Å²) in [6.07, 6.45) is 0.303. The van der Waals surface area contributed by atoms with Crippen molar-refractivity contribution >= 4 is 11.3 Å². The van der Waals surface area contributed by atoms with E-state index in [1.807, 2.05) is 13.8 Å². The molecule has 7 heteroatoms. The Morgan fingerprint density at radius 1 is 1.25 bits per heavy atom. The van der Waals surface area contributed by atoms with Crippen LogP contribution in [-0.4, -0.2) is 4.98 Å². The van der Waals surface area contributed by atoms with Gasteiger partial charge in [-0.25, -0.2) is 18.2 Å². The van der Waals surface area contributed by atoms with Gasteiger partial charge < -0.3 is 0 Å². The minimum atomic E-state index is -1.49. The molecule has 0 aliphatic rings. The quantitative estimate of drug-likeness (QED) is 0.518. The van der Waals surface area contributed by atoms with Gasteiger partial charge in [0, 0.05) is 16.9 Å². The van der Waals surface area contributed by atoms with Gasteiger partial charge in [-0.2, -0.15) is 0 Å². The van der Waals surface area contributed by atoms with Gasteiger partial charge in [0.15, 0.2) is 17.5 Å². The zero-order valence-corrected chi connectivity index (χ0v) is 11.8. The Bertz CT molecular complexity index is 608. The summed E-state index contributed by atoms with van der Waals surface area (Å²) in [5.41, 5.74) is 3.30. The van der Waals surface area contributed by atoms with E-state index in [1.165, 1.54) is 17.4 Å². The summed E-state index contributed by atoms with van der Waals surface area (Å²) in [4.78, 5) is 5.38.